The molecule has 2 aromatic rings. The van der Waals surface area contributed by atoms with Gasteiger partial charge in [0.25, 0.3) is 6.02 Å². The number of amidine groups is 1. The first-order valence-corrected chi connectivity index (χ1v) is 9.19. The number of benzene rings is 1. The first kappa shape index (κ1) is 17.2. The van der Waals surface area contributed by atoms with Crippen LogP contribution in [0.4, 0.5) is 0 Å². The lowest BCUT2D eigenvalue weighted by Gasteiger charge is -2.61. The van der Waals surface area contributed by atoms with Crippen LogP contribution in [0.15, 0.2) is 40.0 Å². The van der Waals surface area contributed by atoms with Crippen LogP contribution >= 0.6 is 0 Å². The van der Waals surface area contributed by atoms with Gasteiger partial charge in [-0.05, 0) is 31.5 Å². The second-order valence-electron chi connectivity index (χ2n) is 8.10. The molecular formula is C20H21N3O5. The summed E-state index contributed by atoms with van der Waals surface area (Å²) in [6, 6.07) is 7.47. The number of fused-ring (bicyclic) bond motifs is 3. The van der Waals surface area contributed by atoms with Crippen molar-refractivity contribution in [2.75, 3.05) is 19.8 Å². The lowest BCUT2D eigenvalue weighted by atomic mass is 9.55. The molecule has 3 aliphatic rings. The third-order valence-electron chi connectivity index (χ3n) is 6.31. The minimum Gasteiger partial charge on any atom is -0.487 e. The van der Waals surface area contributed by atoms with E-state index < -0.39 is 16.6 Å². The highest BCUT2D eigenvalue weighted by molar-refractivity contribution is 5.95. The summed E-state index contributed by atoms with van der Waals surface area (Å²) in [7, 11) is 0. The van der Waals surface area contributed by atoms with Crippen molar-refractivity contribution in [3.05, 3.63) is 47.3 Å². The van der Waals surface area contributed by atoms with Crippen molar-refractivity contribution in [3.63, 3.8) is 0 Å². The van der Waals surface area contributed by atoms with Gasteiger partial charge in [0.05, 0.1) is 18.6 Å². The van der Waals surface area contributed by atoms with Crippen molar-refractivity contribution in [1.29, 1.82) is 0 Å². The van der Waals surface area contributed by atoms with Gasteiger partial charge in [-0.2, -0.15) is 0 Å². The van der Waals surface area contributed by atoms with E-state index in [1.165, 1.54) is 6.26 Å². The number of rotatable bonds is 3. The molecule has 8 heteroatoms. The predicted octanol–water partition coefficient (Wildman–Crippen LogP) is 1.83. The van der Waals surface area contributed by atoms with Crippen LogP contribution in [-0.2, 0) is 21.4 Å². The molecule has 28 heavy (non-hydrogen) atoms. The number of ether oxygens (including phenoxy) is 3. The highest BCUT2D eigenvalue weighted by Gasteiger charge is 2.71. The molecule has 1 saturated heterocycles. The van der Waals surface area contributed by atoms with Crippen molar-refractivity contribution in [2.24, 2.45) is 16.1 Å². The standard InChI is InChI=1S/C20H21N3O5/c1-18(2)19(9-25-10-19)20(11-26-17(21)22-20)13-7-12(3-4-16(13)28-18)8-15(24)14-5-6-27-23-14/h3-7H,8-11H2,1-2H3,(H2,21,22). The van der Waals surface area contributed by atoms with E-state index in [2.05, 4.69) is 5.16 Å². The van der Waals surface area contributed by atoms with E-state index in [9.17, 15) is 4.79 Å². The van der Waals surface area contributed by atoms with Crippen LogP contribution in [0.2, 0.25) is 0 Å². The van der Waals surface area contributed by atoms with Gasteiger partial charge < -0.3 is 24.5 Å². The molecule has 1 unspecified atom stereocenters. The first-order valence-electron chi connectivity index (χ1n) is 9.19. The van der Waals surface area contributed by atoms with Gasteiger partial charge in [-0.3, -0.25) is 4.79 Å². The van der Waals surface area contributed by atoms with E-state index in [1.807, 2.05) is 32.0 Å². The zero-order chi connectivity index (χ0) is 19.6. The van der Waals surface area contributed by atoms with Crippen LogP contribution < -0.4 is 10.5 Å². The van der Waals surface area contributed by atoms with Gasteiger partial charge in [0.15, 0.2) is 5.78 Å². The second kappa shape index (κ2) is 5.57. The number of aromatic nitrogens is 1. The highest BCUT2D eigenvalue weighted by atomic mass is 16.5. The van der Waals surface area contributed by atoms with E-state index in [-0.39, 0.29) is 18.2 Å². The number of Topliss-reactive ketones (excluding diaryl/α,β-unsaturated/α-hetero) is 1. The Hall–Kier alpha value is -2.87. The molecule has 1 aromatic heterocycles. The Balaban J connectivity index is 1.61. The summed E-state index contributed by atoms with van der Waals surface area (Å²) in [6.45, 7) is 5.42. The van der Waals surface area contributed by atoms with Crippen molar-refractivity contribution in [1.82, 2.24) is 5.16 Å². The van der Waals surface area contributed by atoms with Crippen LogP contribution in [0.5, 0.6) is 5.75 Å². The Kier molecular flexibility index (Phi) is 3.43. The molecule has 8 nitrogen and oxygen atoms in total. The average Bonchev–Trinajstić information content (AvgIpc) is 3.25. The maximum absolute atomic E-state index is 12.5. The number of nitrogens with two attached hydrogens (primary N) is 1. The molecule has 0 radical (unpaired) electrons. The number of ketones is 1. The van der Waals surface area contributed by atoms with E-state index in [0.717, 1.165) is 16.9 Å². The SMILES string of the molecule is CC1(C)Oc2ccc(CC(=O)c3ccon3)cc2C2(COC(N)=N2)C12COC2. The molecule has 1 atom stereocenters. The molecule has 2 N–H and O–H groups in total. The molecule has 4 heterocycles. The van der Waals surface area contributed by atoms with E-state index >= 15 is 0 Å². The lowest BCUT2D eigenvalue weighted by molar-refractivity contribution is -0.247. The first-order chi connectivity index (χ1) is 13.4. The fourth-order valence-electron chi connectivity index (χ4n) is 4.57. The van der Waals surface area contributed by atoms with Crippen LogP contribution in [0.3, 0.4) is 0 Å². The molecule has 0 amide bonds. The number of aliphatic imine (C=N–C) groups is 1. The Labute approximate surface area is 161 Å². The van der Waals surface area contributed by atoms with Crippen LogP contribution in [0.1, 0.15) is 35.5 Å². The van der Waals surface area contributed by atoms with E-state index in [4.69, 9.17) is 29.5 Å². The molecule has 5 rings (SSSR count). The number of hydrogen-bond donors (Lipinski definition) is 1. The van der Waals surface area contributed by atoms with Crippen LogP contribution in [0.25, 0.3) is 0 Å². The summed E-state index contributed by atoms with van der Waals surface area (Å²) in [5.41, 5.74) is 6.33. The van der Waals surface area contributed by atoms with E-state index in [0.29, 0.717) is 25.5 Å². The minimum absolute atomic E-state index is 0.118. The smallest absolute Gasteiger partial charge is 0.283 e. The van der Waals surface area contributed by atoms with Gasteiger partial charge in [0.2, 0.25) is 0 Å². The van der Waals surface area contributed by atoms with Crippen molar-refractivity contribution in [2.45, 2.75) is 31.4 Å². The molecule has 1 fully saturated rings. The average molecular weight is 383 g/mol. The molecule has 0 saturated carbocycles. The lowest BCUT2D eigenvalue weighted by Crippen LogP contribution is -2.71. The zero-order valence-corrected chi connectivity index (χ0v) is 15.7. The summed E-state index contributed by atoms with van der Waals surface area (Å²) in [5, 5.41) is 3.72. The molecule has 2 spiro atoms. The molecule has 146 valence electrons. The van der Waals surface area contributed by atoms with Crippen LogP contribution in [-0.4, -0.2) is 42.4 Å². The largest absolute Gasteiger partial charge is 0.487 e. The van der Waals surface area contributed by atoms with Crippen molar-refractivity contribution < 1.29 is 23.5 Å². The third kappa shape index (κ3) is 2.12. The molecule has 0 bridgehead atoms. The zero-order valence-electron chi connectivity index (χ0n) is 15.7. The van der Waals surface area contributed by atoms with E-state index in [1.54, 1.807) is 6.07 Å². The Morgan fingerprint density at radius 1 is 1.21 bits per heavy atom. The van der Waals surface area contributed by atoms with Gasteiger partial charge in [-0.25, -0.2) is 4.99 Å². The summed E-state index contributed by atoms with van der Waals surface area (Å²) >= 11 is 0. The fraction of sp³-hybridized carbons (Fsp3) is 0.450. The van der Waals surface area contributed by atoms with Gasteiger partial charge in [-0.1, -0.05) is 11.2 Å². The third-order valence-corrected chi connectivity index (χ3v) is 6.31. The van der Waals surface area contributed by atoms with Crippen molar-refractivity contribution in [3.8, 4) is 5.75 Å². The molecule has 3 aliphatic heterocycles. The maximum atomic E-state index is 12.5. The quantitative estimate of drug-likeness (QED) is 0.805. The Bertz CT molecular complexity index is 978. The minimum atomic E-state index is -0.709. The number of carbonyl (C=O) groups excluding carboxylic acids is 1. The summed E-state index contributed by atoms with van der Waals surface area (Å²) in [4.78, 5) is 17.2. The Morgan fingerprint density at radius 2 is 2.04 bits per heavy atom. The second-order valence-corrected chi connectivity index (χ2v) is 8.10. The fourth-order valence-corrected chi connectivity index (χ4v) is 4.57. The van der Waals surface area contributed by atoms with Crippen molar-refractivity contribution >= 4 is 11.8 Å². The number of carbonyl (C=O) groups is 1. The molecular weight excluding hydrogens is 362 g/mol. The maximum Gasteiger partial charge on any atom is 0.283 e. The van der Waals surface area contributed by atoms with Gasteiger partial charge in [-0.15, -0.1) is 0 Å². The van der Waals surface area contributed by atoms with Gasteiger partial charge in [0, 0.05) is 18.1 Å². The number of hydrogen-bond acceptors (Lipinski definition) is 8. The summed E-state index contributed by atoms with van der Waals surface area (Å²) < 4.78 is 22.4. The summed E-state index contributed by atoms with van der Waals surface area (Å²) in [6.07, 6.45) is 1.58. The monoisotopic (exact) mass is 383 g/mol. The normalized spacial score (nSPS) is 26.1. The van der Waals surface area contributed by atoms with Gasteiger partial charge in [0.1, 0.15) is 35.5 Å². The number of nitrogens with zero attached hydrogens (tertiary/aromatic N) is 2. The van der Waals surface area contributed by atoms with Crippen LogP contribution in [0, 0.1) is 5.41 Å². The summed E-state index contributed by atoms with van der Waals surface area (Å²) in [5.74, 6) is 0.606. The van der Waals surface area contributed by atoms with Gasteiger partial charge >= 0.3 is 0 Å². The Morgan fingerprint density at radius 3 is 2.64 bits per heavy atom. The molecule has 0 aliphatic carbocycles. The highest BCUT2D eigenvalue weighted by Crippen LogP contribution is 2.62. The molecule has 1 aromatic carbocycles. The predicted molar refractivity (Wildman–Crippen MR) is 98.2 cm³/mol. The topological polar surface area (TPSA) is 109 Å².